The Morgan fingerprint density at radius 3 is 2.62 bits per heavy atom. The fourth-order valence-electron chi connectivity index (χ4n) is 1.54. The Morgan fingerprint density at radius 1 is 1.38 bits per heavy atom. The molecule has 0 bridgehead atoms. The van der Waals surface area contributed by atoms with Gasteiger partial charge in [0.25, 0.3) is 0 Å². The third kappa shape index (κ3) is 1.62. The molecule has 0 radical (unpaired) electrons. The molecule has 1 fully saturated rings. The first kappa shape index (κ1) is 10.2. The Hall–Kier alpha value is -2.33. The van der Waals surface area contributed by atoms with Gasteiger partial charge in [0.15, 0.2) is 5.78 Å². The lowest BCUT2D eigenvalue weighted by Crippen LogP contribution is -2.64. The summed E-state index contributed by atoms with van der Waals surface area (Å²) in [5.41, 5.74) is 8.75. The number of ketones is 1. The molecule has 2 rings (SSSR count). The van der Waals surface area contributed by atoms with Crippen LogP contribution in [0, 0.1) is 0 Å². The fourth-order valence-corrected chi connectivity index (χ4v) is 1.54. The van der Waals surface area contributed by atoms with Gasteiger partial charge in [0.1, 0.15) is 12.1 Å². The summed E-state index contributed by atoms with van der Waals surface area (Å²) in [5, 5.41) is 5.71. The van der Waals surface area contributed by atoms with Crippen LogP contribution in [0.2, 0.25) is 0 Å². The second-order valence-electron chi connectivity index (χ2n) is 3.37. The minimum atomic E-state index is -0.919. The lowest BCUT2D eigenvalue weighted by atomic mass is 9.91. The van der Waals surface area contributed by atoms with E-state index in [-0.39, 0.29) is 5.78 Å². The van der Waals surface area contributed by atoms with Crippen LogP contribution in [0.4, 0.5) is 0 Å². The quantitative estimate of drug-likeness (QED) is 0.268. The van der Waals surface area contributed by atoms with Crippen LogP contribution in [-0.4, -0.2) is 23.8 Å². The number of Topliss-reactive ketones (excluding diaryl/α,β-unsaturated/α-hetero) is 1. The van der Waals surface area contributed by atoms with Crippen LogP contribution in [0.25, 0.3) is 10.4 Å². The van der Waals surface area contributed by atoms with Gasteiger partial charge in [-0.3, -0.25) is 9.59 Å². The summed E-state index contributed by atoms with van der Waals surface area (Å²) >= 11 is 0. The normalized spacial score (nSPS) is 22.6. The maximum absolute atomic E-state index is 11.9. The van der Waals surface area contributed by atoms with Gasteiger partial charge in [0.05, 0.1) is 0 Å². The van der Waals surface area contributed by atoms with Crippen LogP contribution in [0.15, 0.2) is 35.4 Å². The highest BCUT2D eigenvalue weighted by Crippen LogP contribution is 2.16. The van der Waals surface area contributed by atoms with E-state index in [4.69, 9.17) is 5.53 Å². The molecule has 1 aliphatic heterocycles. The van der Waals surface area contributed by atoms with Crippen LogP contribution in [0.5, 0.6) is 0 Å². The van der Waals surface area contributed by atoms with Crippen LogP contribution < -0.4 is 5.32 Å². The Bertz CT molecular complexity index is 477. The highest BCUT2D eigenvalue weighted by molar-refractivity contribution is 6.09. The van der Waals surface area contributed by atoms with Crippen molar-refractivity contribution in [1.29, 1.82) is 0 Å². The molecule has 80 valence electrons. The van der Waals surface area contributed by atoms with E-state index in [1.807, 2.05) is 0 Å². The van der Waals surface area contributed by atoms with E-state index in [0.717, 1.165) is 0 Å². The summed E-state index contributed by atoms with van der Waals surface area (Å²) in [6.07, 6.45) is 0. The van der Waals surface area contributed by atoms with Crippen LogP contribution in [0.1, 0.15) is 10.4 Å². The molecule has 0 saturated carbocycles. The highest BCUT2D eigenvalue weighted by Gasteiger charge is 2.43. The van der Waals surface area contributed by atoms with Gasteiger partial charge in [0, 0.05) is 10.5 Å². The van der Waals surface area contributed by atoms with Crippen molar-refractivity contribution in [3.8, 4) is 0 Å². The number of carbonyl (C=O) groups is 2. The van der Waals surface area contributed by atoms with Crippen LogP contribution in [0.3, 0.4) is 0 Å². The maximum atomic E-state index is 11.9. The largest absolute Gasteiger partial charge is 0.345 e. The summed E-state index contributed by atoms with van der Waals surface area (Å²) in [7, 11) is 0. The van der Waals surface area contributed by atoms with Crippen molar-refractivity contribution in [2.45, 2.75) is 12.1 Å². The molecule has 16 heavy (non-hydrogen) atoms. The van der Waals surface area contributed by atoms with Crippen molar-refractivity contribution in [2.24, 2.45) is 5.11 Å². The van der Waals surface area contributed by atoms with Gasteiger partial charge in [-0.25, -0.2) is 0 Å². The molecule has 0 spiro atoms. The van der Waals surface area contributed by atoms with E-state index < -0.39 is 18.0 Å². The number of β-lactam (4-membered cyclic amide) rings is 1. The van der Waals surface area contributed by atoms with Crippen molar-refractivity contribution < 1.29 is 9.59 Å². The van der Waals surface area contributed by atoms with E-state index in [0.29, 0.717) is 5.56 Å². The van der Waals surface area contributed by atoms with Crippen molar-refractivity contribution in [3.63, 3.8) is 0 Å². The second-order valence-corrected chi connectivity index (χ2v) is 3.37. The van der Waals surface area contributed by atoms with Crippen molar-refractivity contribution in [3.05, 3.63) is 46.3 Å². The standard InChI is InChI=1S/C10H8N4O2/c11-14-13-8-7(12-10(8)16)9(15)6-4-2-1-3-5-6/h1-5,7-8H,(H,12,16)/t7-,8-/m0/s1. The average molecular weight is 216 g/mol. The zero-order chi connectivity index (χ0) is 11.5. The van der Waals surface area contributed by atoms with E-state index in [9.17, 15) is 9.59 Å². The molecule has 1 heterocycles. The van der Waals surface area contributed by atoms with E-state index >= 15 is 0 Å². The van der Waals surface area contributed by atoms with Gasteiger partial charge in [0.2, 0.25) is 5.91 Å². The molecular formula is C10H8N4O2. The number of rotatable bonds is 3. The average Bonchev–Trinajstić information content (AvgIpc) is 2.33. The van der Waals surface area contributed by atoms with E-state index in [2.05, 4.69) is 15.3 Å². The number of nitrogens with one attached hydrogen (secondary N) is 1. The predicted molar refractivity (Wildman–Crippen MR) is 55.6 cm³/mol. The third-order valence-corrected chi connectivity index (χ3v) is 2.40. The molecule has 1 aromatic carbocycles. The molecule has 1 saturated heterocycles. The number of carbonyl (C=O) groups excluding carboxylic acids is 2. The lowest BCUT2D eigenvalue weighted by molar-refractivity contribution is -0.129. The Morgan fingerprint density at radius 2 is 2.06 bits per heavy atom. The number of hydrogen-bond donors (Lipinski definition) is 1. The van der Waals surface area contributed by atoms with Crippen molar-refractivity contribution in [2.75, 3.05) is 0 Å². The molecule has 1 N–H and O–H groups in total. The molecular weight excluding hydrogens is 208 g/mol. The van der Waals surface area contributed by atoms with Crippen molar-refractivity contribution in [1.82, 2.24) is 5.32 Å². The molecule has 1 amide bonds. The van der Waals surface area contributed by atoms with Gasteiger partial charge in [-0.15, -0.1) is 0 Å². The number of hydrogen-bond acceptors (Lipinski definition) is 3. The SMILES string of the molecule is [N-]=[N+]=N[C@@H]1C(=O)N[C@@H]1C(=O)c1ccccc1. The third-order valence-electron chi connectivity index (χ3n) is 2.40. The molecule has 1 aliphatic rings. The minimum Gasteiger partial charge on any atom is -0.345 e. The van der Waals surface area contributed by atoms with Gasteiger partial charge in [-0.1, -0.05) is 35.4 Å². The maximum Gasteiger partial charge on any atom is 0.232 e. The monoisotopic (exact) mass is 216 g/mol. The summed E-state index contributed by atoms with van der Waals surface area (Å²) < 4.78 is 0. The zero-order valence-corrected chi connectivity index (χ0v) is 8.20. The number of azide groups is 1. The highest BCUT2D eigenvalue weighted by atomic mass is 16.2. The smallest absolute Gasteiger partial charge is 0.232 e. The molecule has 2 atom stereocenters. The lowest BCUT2D eigenvalue weighted by Gasteiger charge is -2.32. The number of benzene rings is 1. The van der Waals surface area contributed by atoms with Gasteiger partial charge >= 0.3 is 0 Å². The van der Waals surface area contributed by atoms with Crippen LogP contribution in [-0.2, 0) is 4.79 Å². The Labute approximate surface area is 90.9 Å². The second kappa shape index (κ2) is 4.04. The summed E-state index contributed by atoms with van der Waals surface area (Å²) in [6, 6.07) is 6.91. The fraction of sp³-hybridized carbons (Fsp3) is 0.200. The summed E-state index contributed by atoms with van der Waals surface area (Å²) in [6.45, 7) is 0. The minimum absolute atomic E-state index is 0.238. The van der Waals surface area contributed by atoms with E-state index in [1.54, 1.807) is 30.3 Å². The molecule has 1 aromatic rings. The Kier molecular flexibility index (Phi) is 2.57. The molecule has 6 heteroatoms. The summed E-state index contributed by atoms with van der Waals surface area (Å²) in [5.74, 6) is -0.648. The molecule has 0 aromatic heterocycles. The Balaban J connectivity index is 2.18. The van der Waals surface area contributed by atoms with Crippen LogP contribution >= 0.6 is 0 Å². The first-order chi connectivity index (χ1) is 7.74. The first-order valence-corrected chi connectivity index (χ1v) is 4.68. The molecule has 0 unspecified atom stereocenters. The topological polar surface area (TPSA) is 94.9 Å². The van der Waals surface area contributed by atoms with E-state index in [1.165, 1.54) is 0 Å². The number of amides is 1. The predicted octanol–water partition coefficient (Wildman–Crippen LogP) is 1.05. The number of nitrogens with zero attached hydrogens (tertiary/aromatic N) is 3. The summed E-state index contributed by atoms with van der Waals surface area (Å²) in [4.78, 5) is 25.4. The first-order valence-electron chi connectivity index (χ1n) is 4.68. The van der Waals surface area contributed by atoms with Crippen molar-refractivity contribution >= 4 is 11.7 Å². The van der Waals surface area contributed by atoms with Gasteiger partial charge < -0.3 is 5.32 Å². The molecule has 0 aliphatic carbocycles. The van der Waals surface area contributed by atoms with Gasteiger partial charge in [-0.05, 0) is 5.53 Å². The zero-order valence-electron chi connectivity index (χ0n) is 8.20. The molecule has 6 nitrogen and oxygen atoms in total. The van der Waals surface area contributed by atoms with Gasteiger partial charge in [-0.2, -0.15) is 0 Å².